The molecule has 3 atom stereocenters. The predicted molar refractivity (Wildman–Crippen MR) is 82.2 cm³/mol. The number of anilines is 2. The SMILES string of the molecule is Nc1cc(F)ccc1NC(=O)C1CCC2CCCCC2C1. The second-order valence-electron chi connectivity index (χ2n) is 6.54. The Morgan fingerprint density at radius 1 is 1.14 bits per heavy atom. The van der Waals surface area contributed by atoms with Crippen LogP contribution >= 0.6 is 0 Å². The molecule has 0 spiro atoms. The van der Waals surface area contributed by atoms with Gasteiger partial charge in [-0.15, -0.1) is 0 Å². The number of amides is 1. The molecule has 2 aliphatic rings. The number of fused-ring (bicyclic) bond motifs is 1. The van der Waals surface area contributed by atoms with Gasteiger partial charge in [-0.1, -0.05) is 25.7 Å². The monoisotopic (exact) mass is 290 g/mol. The minimum absolute atomic E-state index is 0.0392. The van der Waals surface area contributed by atoms with E-state index in [4.69, 9.17) is 5.73 Å². The van der Waals surface area contributed by atoms with Gasteiger partial charge in [0.15, 0.2) is 0 Å². The van der Waals surface area contributed by atoms with E-state index in [-0.39, 0.29) is 23.3 Å². The van der Waals surface area contributed by atoms with Gasteiger partial charge in [0.1, 0.15) is 5.82 Å². The van der Waals surface area contributed by atoms with Crippen LogP contribution in [0.3, 0.4) is 0 Å². The number of halogens is 1. The third kappa shape index (κ3) is 3.20. The maximum atomic E-state index is 13.0. The Kier molecular flexibility index (Phi) is 4.13. The Balaban J connectivity index is 1.63. The first-order valence-electron chi connectivity index (χ1n) is 7.99. The third-order valence-electron chi connectivity index (χ3n) is 5.18. The topological polar surface area (TPSA) is 55.1 Å². The van der Waals surface area contributed by atoms with Gasteiger partial charge in [0.2, 0.25) is 5.91 Å². The molecule has 0 radical (unpaired) electrons. The molecule has 1 amide bonds. The van der Waals surface area contributed by atoms with Gasteiger partial charge in [0.05, 0.1) is 11.4 Å². The van der Waals surface area contributed by atoms with Crippen molar-refractivity contribution in [3.05, 3.63) is 24.0 Å². The van der Waals surface area contributed by atoms with E-state index in [1.54, 1.807) is 0 Å². The lowest BCUT2D eigenvalue weighted by molar-refractivity contribution is -0.122. The highest BCUT2D eigenvalue weighted by atomic mass is 19.1. The molecule has 1 aromatic carbocycles. The number of benzene rings is 1. The van der Waals surface area contributed by atoms with Crippen LogP contribution in [0.15, 0.2) is 18.2 Å². The Labute approximate surface area is 125 Å². The van der Waals surface area contributed by atoms with Crippen LogP contribution in [-0.2, 0) is 4.79 Å². The first-order valence-corrected chi connectivity index (χ1v) is 7.99. The summed E-state index contributed by atoms with van der Waals surface area (Å²) in [6.07, 6.45) is 8.40. The van der Waals surface area contributed by atoms with Crippen LogP contribution < -0.4 is 11.1 Å². The van der Waals surface area contributed by atoms with E-state index in [1.165, 1.54) is 50.3 Å². The van der Waals surface area contributed by atoms with Crippen LogP contribution in [0.25, 0.3) is 0 Å². The lowest BCUT2D eigenvalue weighted by Gasteiger charge is -2.38. The van der Waals surface area contributed by atoms with E-state index in [1.807, 2.05) is 0 Å². The number of carbonyl (C=O) groups is 1. The van der Waals surface area contributed by atoms with Gasteiger partial charge in [0, 0.05) is 5.92 Å². The highest BCUT2D eigenvalue weighted by molar-refractivity contribution is 5.95. The average molecular weight is 290 g/mol. The fourth-order valence-corrected chi connectivity index (χ4v) is 3.99. The van der Waals surface area contributed by atoms with Gasteiger partial charge in [-0.3, -0.25) is 4.79 Å². The van der Waals surface area contributed by atoms with Crippen molar-refractivity contribution in [2.24, 2.45) is 17.8 Å². The Hall–Kier alpha value is -1.58. The maximum absolute atomic E-state index is 13.0. The predicted octanol–water partition coefficient (Wildman–Crippen LogP) is 3.95. The van der Waals surface area contributed by atoms with Crippen LogP contribution in [0.1, 0.15) is 44.9 Å². The van der Waals surface area contributed by atoms with Crippen molar-refractivity contribution in [1.29, 1.82) is 0 Å². The van der Waals surface area contributed by atoms with Crippen molar-refractivity contribution < 1.29 is 9.18 Å². The molecule has 21 heavy (non-hydrogen) atoms. The van der Waals surface area contributed by atoms with E-state index in [0.717, 1.165) is 18.8 Å². The van der Waals surface area contributed by atoms with Crippen LogP contribution in [-0.4, -0.2) is 5.91 Å². The van der Waals surface area contributed by atoms with Crippen LogP contribution in [0, 0.1) is 23.6 Å². The molecule has 0 bridgehead atoms. The minimum atomic E-state index is -0.381. The highest BCUT2D eigenvalue weighted by Crippen LogP contribution is 2.43. The zero-order valence-corrected chi connectivity index (χ0v) is 12.3. The van der Waals surface area contributed by atoms with Gasteiger partial charge in [-0.25, -0.2) is 4.39 Å². The molecule has 3 rings (SSSR count). The number of nitrogens with two attached hydrogens (primary N) is 1. The molecule has 3 N–H and O–H groups in total. The van der Waals surface area contributed by atoms with Gasteiger partial charge in [-0.2, -0.15) is 0 Å². The van der Waals surface area contributed by atoms with Crippen molar-refractivity contribution in [2.45, 2.75) is 44.9 Å². The molecule has 0 aliphatic heterocycles. The normalized spacial score (nSPS) is 28.7. The molecule has 2 aliphatic carbocycles. The Morgan fingerprint density at radius 2 is 1.90 bits per heavy atom. The van der Waals surface area contributed by atoms with E-state index < -0.39 is 0 Å². The lowest BCUT2D eigenvalue weighted by atomic mass is 9.67. The van der Waals surface area contributed by atoms with Gasteiger partial charge in [-0.05, 0) is 49.3 Å². The number of nitrogens with one attached hydrogen (secondary N) is 1. The average Bonchev–Trinajstić information content (AvgIpc) is 2.49. The summed E-state index contributed by atoms with van der Waals surface area (Å²) in [5.74, 6) is 1.28. The van der Waals surface area contributed by atoms with Crippen molar-refractivity contribution >= 4 is 17.3 Å². The molecule has 3 nitrogen and oxygen atoms in total. The second kappa shape index (κ2) is 6.04. The standard InChI is InChI=1S/C17H23FN2O/c18-14-7-8-16(15(19)10-14)20-17(21)13-6-5-11-3-1-2-4-12(11)9-13/h7-8,10-13H,1-6,9,19H2,(H,20,21). The molecule has 2 saturated carbocycles. The third-order valence-corrected chi connectivity index (χ3v) is 5.18. The van der Waals surface area contributed by atoms with E-state index in [9.17, 15) is 9.18 Å². The summed E-state index contributed by atoms with van der Waals surface area (Å²) in [6.45, 7) is 0. The summed E-state index contributed by atoms with van der Waals surface area (Å²) in [5.41, 5.74) is 6.56. The number of carbonyl (C=O) groups excluding carboxylic acids is 1. The number of hydrogen-bond donors (Lipinski definition) is 2. The molecule has 0 aromatic heterocycles. The number of nitrogen functional groups attached to an aromatic ring is 1. The fourth-order valence-electron chi connectivity index (χ4n) is 3.99. The first kappa shape index (κ1) is 14.4. The smallest absolute Gasteiger partial charge is 0.227 e. The molecule has 3 unspecified atom stereocenters. The van der Waals surface area contributed by atoms with Crippen molar-refractivity contribution in [1.82, 2.24) is 0 Å². The van der Waals surface area contributed by atoms with E-state index in [0.29, 0.717) is 11.6 Å². The van der Waals surface area contributed by atoms with Crippen LogP contribution in [0.2, 0.25) is 0 Å². The van der Waals surface area contributed by atoms with Crippen molar-refractivity contribution in [3.8, 4) is 0 Å². The number of hydrogen-bond acceptors (Lipinski definition) is 2. The van der Waals surface area contributed by atoms with E-state index >= 15 is 0 Å². The minimum Gasteiger partial charge on any atom is -0.397 e. The van der Waals surface area contributed by atoms with Crippen LogP contribution in [0.5, 0.6) is 0 Å². The Morgan fingerprint density at radius 3 is 2.67 bits per heavy atom. The quantitative estimate of drug-likeness (QED) is 0.810. The van der Waals surface area contributed by atoms with E-state index in [2.05, 4.69) is 5.32 Å². The van der Waals surface area contributed by atoms with Crippen molar-refractivity contribution in [2.75, 3.05) is 11.1 Å². The summed E-state index contributed by atoms with van der Waals surface area (Å²) in [6, 6.07) is 4.10. The molecular weight excluding hydrogens is 267 g/mol. The summed E-state index contributed by atoms with van der Waals surface area (Å²) >= 11 is 0. The summed E-state index contributed by atoms with van der Waals surface area (Å²) in [7, 11) is 0. The highest BCUT2D eigenvalue weighted by Gasteiger charge is 2.35. The van der Waals surface area contributed by atoms with Gasteiger partial charge in [0.25, 0.3) is 0 Å². The largest absolute Gasteiger partial charge is 0.397 e. The zero-order chi connectivity index (χ0) is 14.8. The lowest BCUT2D eigenvalue weighted by Crippen LogP contribution is -2.34. The number of rotatable bonds is 2. The first-order chi connectivity index (χ1) is 10.1. The van der Waals surface area contributed by atoms with Crippen molar-refractivity contribution in [3.63, 3.8) is 0 Å². The molecule has 114 valence electrons. The molecule has 2 fully saturated rings. The second-order valence-corrected chi connectivity index (χ2v) is 6.54. The zero-order valence-electron chi connectivity index (χ0n) is 12.3. The molecule has 1 aromatic rings. The molecule has 0 saturated heterocycles. The fraction of sp³-hybridized carbons (Fsp3) is 0.588. The molecule has 4 heteroatoms. The Bertz CT molecular complexity index is 532. The maximum Gasteiger partial charge on any atom is 0.227 e. The molecule has 0 heterocycles. The summed E-state index contributed by atoms with van der Waals surface area (Å²) in [4.78, 5) is 12.4. The summed E-state index contributed by atoms with van der Waals surface area (Å²) < 4.78 is 13.0. The van der Waals surface area contributed by atoms with Gasteiger partial charge < -0.3 is 11.1 Å². The van der Waals surface area contributed by atoms with Gasteiger partial charge >= 0.3 is 0 Å². The summed E-state index contributed by atoms with van der Waals surface area (Å²) in [5, 5.41) is 2.87. The molecular formula is C17H23FN2O. The van der Waals surface area contributed by atoms with Crippen LogP contribution in [0.4, 0.5) is 15.8 Å².